The molecule has 0 spiro atoms. The molecule has 0 aromatic rings. The van der Waals surface area contributed by atoms with Gasteiger partial charge in [-0.05, 0) is 26.2 Å². The van der Waals surface area contributed by atoms with Gasteiger partial charge in [-0.25, -0.2) is 0 Å². The lowest BCUT2D eigenvalue weighted by atomic mass is 10.0. The third kappa shape index (κ3) is 8.31. The van der Waals surface area contributed by atoms with Crippen LogP contribution in [0.25, 0.3) is 0 Å². The van der Waals surface area contributed by atoms with Crippen LogP contribution in [0.1, 0.15) is 40.5 Å². The molecular weight excluding hydrogens is 256 g/mol. The minimum Gasteiger partial charge on any atom is -0.466 e. The number of amides is 1. The SMILES string of the molecule is CCOC(=O)CCC(C)NC(=O)[C@@H](N)C(C)C.Cl. The maximum Gasteiger partial charge on any atom is 0.305 e. The van der Waals surface area contributed by atoms with Crippen LogP contribution in [-0.4, -0.2) is 30.6 Å². The molecule has 0 saturated heterocycles. The van der Waals surface area contributed by atoms with Crippen molar-refractivity contribution in [3.8, 4) is 0 Å². The molecule has 0 heterocycles. The van der Waals surface area contributed by atoms with Gasteiger partial charge in [-0.15, -0.1) is 12.4 Å². The van der Waals surface area contributed by atoms with Gasteiger partial charge in [0.1, 0.15) is 0 Å². The Labute approximate surface area is 115 Å². The molecule has 0 rings (SSSR count). The summed E-state index contributed by atoms with van der Waals surface area (Å²) in [4.78, 5) is 22.7. The summed E-state index contributed by atoms with van der Waals surface area (Å²) >= 11 is 0. The lowest BCUT2D eigenvalue weighted by molar-refractivity contribution is -0.143. The van der Waals surface area contributed by atoms with E-state index >= 15 is 0 Å². The van der Waals surface area contributed by atoms with Crippen LogP contribution in [-0.2, 0) is 14.3 Å². The van der Waals surface area contributed by atoms with Gasteiger partial charge in [0, 0.05) is 12.5 Å². The van der Waals surface area contributed by atoms with Crippen molar-refractivity contribution in [2.24, 2.45) is 11.7 Å². The lowest BCUT2D eigenvalue weighted by Crippen LogP contribution is -2.47. The number of hydrogen-bond donors (Lipinski definition) is 2. The Kier molecular flexibility index (Phi) is 11.0. The van der Waals surface area contributed by atoms with Crippen molar-refractivity contribution in [1.82, 2.24) is 5.32 Å². The van der Waals surface area contributed by atoms with Crippen LogP contribution in [0.3, 0.4) is 0 Å². The van der Waals surface area contributed by atoms with Crippen LogP contribution in [0.4, 0.5) is 0 Å². The molecule has 3 N–H and O–H groups in total. The number of halogens is 1. The molecule has 0 aromatic carbocycles. The largest absolute Gasteiger partial charge is 0.466 e. The second-order valence-corrected chi connectivity index (χ2v) is 4.52. The first kappa shape index (κ1) is 19.5. The number of nitrogens with two attached hydrogens (primary N) is 1. The average molecular weight is 281 g/mol. The fraction of sp³-hybridized carbons (Fsp3) is 0.833. The van der Waals surface area contributed by atoms with E-state index in [1.54, 1.807) is 6.92 Å². The van der Waals surface area contributed by atoms with Crippen molar-refractivity contribution in [3.05, 3.63) is 0 Å². The third-order valence-corrected chi connectivity index (χ3v) is 2.50. The Morgan fingerprint density at radius 1 is 1.28 bits per heavy atom. The Morgan fingerprint density at radius 3 is 2.28 bits per heavy atom. The second-order valence-electron chi connectivity index (χ2n) is 4.52. The highest BCUT2D eigenvalue weighted by molar-refractivity contribution is 5.85. The van der Waals surface area contributed by atoms with Gasteiger partial charge in [0.15, 0.2) is 0 Å². The molecule has 0 fully saturated rings. The Hall–Kier alpha value is -0.810. The molecule has 1 unspecified atom stereocenters. The smallest absolute Gasteiger partial charge is 0.305 e. The number of hydrogen-bond acceptors (Lipinski definition) is 4. The fourth-order valence-corrected chi connectivity index (χ4v) is 1.28. The van der Waals surface area contributed by atoms with E-state index in [0.29, 0.717) is 19.4 Å². The standard InChI is InChI=1S/C12H24N2O3.ClH/c1-5-17-10(15)7-6-9(4)14-12(16)11(13)8(2)3;/h8-9,11H,5-7,13H2,1-4H3,(H,14,16);1H/t9?,11-;/m0./s1. The molecule has 0 aliphatic rings. The summed E-state index contributed by atoms with van der Waals surface area (Å²) in [6, 6.07) is -0.572. The molecule has 0 aromatic heterocycles. The van der Waals surface area contributed by atoms with E-state index < -0.39 is 6.04 Å². The topological polar surface area (TPSA) is 81.4 Å². The van der Waals surface area contributed by atoms with Crippen molar-refractivity contribution < 1.29 is 14.3 Å². The number of carbonyl (C=O) groups is 2. The first-order valence-corrected chi connectivity index (χ1v) is 6.10. The first-order chi connectivity index (χ1) is 7.88. The molecule has 18 heavy (non-hydrogen) atoms. The van der Waals surface area contributed by atoms with Gasteiger partial charge in [-0.1, -0.05) is 13.8 Å². The quantitative estimate of drug-likeness (QED) is 0.688. The minimum atomic E-state index is -0.500. The van der Waals surface area contributed by atoms with E-state index in [0.717, 1.165) is 0 Å². The average Bonchev–Trinajstić information content (AvgIpc) is 2.25. The predicted octanol–water partition coefficient (Wildman–Crippen LogP) is 1.24. The second kappa shape index (κ2) is 10.1. The van der Waals surface area contributed by atoms with Crippen molar-refractivity contribution in [2.75, 3.05) is 6.61 Å². The number of ether oxygens (including phenoxy) is 1. The highest BCUT2D eigenvalue weighted by atomic mass is 35.5. The van der Waals surface area contributed by atoms with Crippen molar-refractivity contribution in [2.45, 2.75) is 52.6 Å². The van der Waals surface area contributed by atoms with Crippen LogP contribution in [0, 0.1) is 5.92 Å². The molecule has 2 atom stereocenters. The van der Waals surface area contributed by atoms with Crippen LogP contribution in [0.2, 0.25) is 0 Å². The molecule has 0 radical (unpaired) electrons. The third-order valence-electron chi connectivity index (χ3n) is 2.50. The van der Waals surface area contributed by atoms with Gasteiger partial charge < -0.3 is 15.8 Å². The van der Waals surface area contributed by atoms with E-state index in [1.165, 1.54) is 0 Å². The van der Waals surface area contributed by atoms with E-state index in [-0.39, 0.29) is 36.2 Å². The molecule has 5 nitrogen and oxygen atoms in total. The van der Waals surface area contributed by atoms with Crippen molar-refractivity contribution >= 4 is 24.3 Å². The van der Waals surface area contributed by atoms with Gasteiger partial charge in [-0.2, -0.15) is 0 Å². The molecular formula is C12H25ClN2O3. The molecule has 0 aliphatic heterocycles. The summed E-state index contributed by atoms with van der Waals surface area (Å²) in [6.45, 7) is 7.80. The molecule has 0 saturated carbocycles. The van der Waals surface area contributed by atoms with Crippen LogP contribution < -0.4 is 11.1 Å². The Bertz CT molecular complexity index is 260. The highest BCUT2D eigenvalue weighted by Crippen LogP contribution is 2.02. The molecule has 108 valence electrons. The van der Waals surface area contributed by atoms with Gasteiger partial charge in [-0.3, -0.25) is 9.59 Å². The Balaban J connectivity index is 0. The molecule has 0 aliphatic carbocycles. The monoisotopic (exact) mass is 280 g/mol. The zero-order chi connectivity index (χ0) is 13.4. The first-order valence-electron chi connectivity index (χ1n) is 6.10. The summed E-state index contributed by atoms with van der Waals surface area (Å²) < 4.78 is 4.81. The summed E-state index contributed by atoms with van der Waals surface area (Å²) in [5.41, 5.74) is 5.71. The maximum atomic E-state index is 11.6. The van der Waals surface area contributed by atoms with Gasteiger partial charge in [0.25, 0.3) is 0 Å². The van der Waals surface area contributed by atoms with Crippen molar-refractivity contribution in [3.63, 3.8) is 0 Å². The number of carbonyl (C=O) groups excluding carboxylic acids is 2. The molecule has 1 amide bonds. The van der Waals surface area contributed by atoms with Crippen LogP contribution in [0.5, 0.6) is 0 Å². The zero-order valence-corrected chi connectivity index (χ0v) is 12.4. The van der Waals surface area contributed by atoms with Crippen LogP contribution >= 0.6 is 12.4 Å². The van der Waals surface area contributed by atoms with E-state index in [4.69, 9.17) is 10.5 Å². The van der Waals surface area contributed by atoms with Gasteiger partial charge in [0.2, 0.25) is 5.91 Å². The maximum absolute atomic E-state index is 11.6. The molecule has 6 heteroatoms. The Morgan fingerprint density at radius 2 is 1.83 bits per heavy atom. The summed E-state index contributed by atoms with van der Waals surface area (Å²) in [5.74, 6) is -0.301. The van der Waals surface area contributed by atoms with E-state index in [1.807, 2.05) is 20.8 Å². The summed E-state index contributed by atoms with van der Waals surface area (Å²) in [5, 5.41) is 2.79. The van der Waals surface area contributed by atoms with Crippen LogP contribution in [0.15, 0.2) is 0 Å². The minimum absolute atomic E-state index is 0. The number of esters is 1. The van der Waals surface area contributed by atoms with Gasteiger partial charge >= 0.3 is 5.97 Å². The predicted molar refractivity (Wildman–Crippen MR) is 73.5 cm³/mol. The highest BCUT2D eigenvalue weighted by Gasteiger charge is 2.19. The summed E-state index contributed by atoms with van der Waals surface area (Å²) in [6.07, 6.45) is 0.877. The van der Waals surface area contributed by atoms with Gasteiger partial charge in [0.05, 0.1) is 12.6 Å². The lowest BCUT2D eigenvalue weighted by Gasteiger charge is -2.19. The zero-order valence-electron chi connectivity index (χ0n) is 11.6. The number of rotatable bonds is 7. The van der Waals surface area contributed by atoms with Crippen molar-refractivity contribution in [1.29, 1.82) is 0 Å². The van der Waals surface area contributed by atoms with E-state index in [2.05, 4.69) is 5.32 Å². The van der Waals surface area contributed by atoms with E-state index in [9.17, 15) is 9.59 Å². The summed E-state index contributed by atoms with van der Waals surface area (Å²) in [7, 11) is 0. The fourth-order valence-electron chi connectivity index (χ4n) is 1.28. The number of nitrogens with one attached hydrogen (secondary N) is 1. The molecule has 0 bridgehead atoms. The normalized spacial score (nSPS) is 13.4.